The van der Waals surface area contributed by atoms with E-state index in [2.05, 4.69) is 10.2 Å². The topological polar surface area (TPSA) is 70.3 Å². The zero-order valence-electron chi connectivity index (χ0n) is 8.29. The Morgan fingerprint density at radius 3 is 2.81 bits per heavy atom. The molecule has 1 aromatic heterocycles. The third-order valence-electron chi connectivity index (χ3n) is 2.24. The van der Waals surface area contributed by atoms with Gasteiger partial charge in [0.2, 0.25) is 5.13 Å². The first kappa shape index (κ1) is 9.41. The third-order valence-corrected chi connectivity index (χ3v) is 3.08. The maximum atomic E-state index is 5.76. The first-order valence-corrected chi connectivity index (χ1v) is 5.62. The molecule has 0 saturated heterocycles. The van der Waals surface area contributed by atoms with E-state index < -0.39 is 0 Å². The molecule has 6 heteroatoms. The van der Waals surface area contributed by atoms with E-state index in [9.17, 15) is 0 Å². The van der Waals surface area contributed by atoms with Crippen molar-refractivity contribution in [1.29, 1.82) is 0 Å². The zero-order chi connectivity index (χ0) is 11.0. The van der Waals surface area contributed by atoms with Crippen molar-refractivity contribution in [3.63, 3.8) is 0 Å². The predicted octanol–water partition coefficient (Wildman–Crippen LogP) is 1.63. The van der Waals surface area contributed by atoms with Crippen LogP contribution in [0.15, 0.2) is 24.3 Å². The number of para-hydroxylation sites is 2. The number of anilines is 1. The molecule has 1 aliphatic rings. The molecule has 2 heterocycles. The molecule has 0 amide bonds. The molecule has 16 heavy (non-hydrogen) atoms. The Bertz CT molecular complexity index is 514. The summed E-state index contributed by atoms with van der Waals surface area (Å²) in [5.41, 5.74) is 5.53. The molecule has 0 bridgehead atoms. The first-order valence-electron chi connectivity index (χ1n) is 4.80. The molecule has 1 aliphatic heterocycles. The maximum absolute atomic E-state index is 5.76. The molecule has 1 atom stereocenters. The van der Waals surface area contributed by atoms with Crippen LogP contribution in [0.4, 0.5) is 5.13 Å². The van der Waals surface area contributed by atoms with E-state index in [4.69, 9.17) is 15.2 Å². The number of nitrogens with zero attached hydrogens (tertiary/aromatic N) is 2. The summed E-state index contributed by atoms with van der Waals surface area (Å²) in [6.07, 6.45) is -0.218. The molecule has 82 valence electrons. The standard InChI is InChI=1S/C10H9N3O2S/c11-10-13-12-9(16-10)8-5-14-6-3-1-2-4-7(6)15-8/h1-4,8H,5H2,(H2,11,13). The lowest BCUT2D eigenvalue weighted by Gasteiger charge is -2.24. The van der Waals surface area contributed by atoms with Crippen molar-refractivity contribution in [2.24, 2.45) is 0 Å². The second-order valence-corrected chi connectivity index (χ2v) is 4.38. The van der Waals surface area contributed by atoms with Crippen molar-refractivity contribution in [1.82, 2.24) is 10.2 Å². The summed E-state index contributed by atoms with van der Waals surface area (Å²) in [4.78, 5) is 0. The van der Waals surface area contributed by atoms with Gasteiger partial charge in [-0.15, -0.1) is 10.2 Å². The number of ether oxygens (including phenoxy) is 2. The molecule has 0 radical (unpaired) electrons. The molecule has 0 fully saturated rings. The van der Waals surface area contributed by atoms with E-state index in [0.717, 1.165) is 16.5 Å². The van der Waals surface area contributed by atoms with Crippen LogP contribution in [0, 0.1) is 0 Å². The second kappa shape index (κ2) is 3.64. The number of aromatic nitrogens is 2. The highest BCUT2D eigenvalue weighted by Gasteiger charge is 2.25. The molecule has 2 N–H and O–H groups in total. The molecule has 0 spiro atoms. The number of benzene rings is 1. The zero-order valence-corrected chi connectivity index (χ0v) is 9.11. The second-order valence-electron chi connectivity index (χ2n) is 3.34. The SMILES string of the molecule is Nc1nnc(C2COc3ccccc3O2)s1. The van der Waals surface area contributed by atoms with Gasteiger partial charge in [0.25, 0.3) is 0 Å². The minimum absolute atomic E-state index is 0.218. The summed E-state index contributed by atoms with van der Waals surface area (Å²) < 4.78 is 11.3. The van der Waals surface area contributed by atoms with Crippen LogP contribution in [0.2, 0.25) is 0 Å². The monoisotopic (exact) mass is 235 g/mol. The molecule has 1 unspecified atom stereocenters. The third kappa shape index (κ3) is 1.57. The van der Waals surface area contributed by atoms with Crippen LogP contribution in [0.3, 0.4) is 0 Å². The van der Waals surface area contributed by atoms with E-state index in [1.807, 2.05) is 24.3 Å². The van der Waals surface area contributed by atoms with Crippen molar-refractivity contribution < 1.29 is 9.47 Å². The summed E-state index contributed by atoms with van der Waals surface area (Å²) in [6, 6.07) is 7.55. The largest absolute Gasteiger partial charge is 0.485 e. The quantitative estimate of drug-likeness (QED) is 0.813. The summed E-state index contributed by atoms with van der Waals surface area (Å²) in [6.45, 7) is 0.436. The lowest BCUT2D eigenvalue weighted by atomic mass is 10.3. The van der Waals surface area contributed by atoms with Gasteiger partial charge >= 0.3 is 0 Å². The number of nitrogens with two attached hydrogens (primary N) is 1. The first-order chi connectivity index (χ1) is 7.83. The van der Waals surface area contributed by atoms with Gasteiger partial charge < -0.3 is 15.2 Å². The van der Waals surface area contributed by atoms with E-state index in [1.165, 1.54) is 11.3 Å². The maximum Gasteiger partial charge on any atom is 0.203 e. The molecule has 5 nitrogen and oxygen atoms in total. The summed E-state index contributed by atoms with van der Waals surface area (Å²) in [5, 5.41) is 8.89. The van der Waals surface area contributed by atoms with Crippen molar-refractivity contribution in [3.8, 4) is 11.5 Å². The van der Waals surface area contributed by atoms with Gasteiger partial charge in [0.15, 0.2) is 22.6 Å². The normalized spacial score (nSPS) is 18.4. The summed E-state index contributed by atoms with van der Waals surface area (Å²) >= 11 is 1.32. The van der Waals surface area contributed by atoms with Crippen LogP contribution in [-0.4, -0.2) is 16.8 Å². The van der Waals surface area contributed by atoms with Gasteiger partial charge in [-0.3, -0.25) is 0 Å². The fourth-order valence-corrected chi connectivity index (χ4v) is 2.14. The Morgan fingerprint density at radius 1 is 1.25 bits per heavy atom. The molecule has 0 aliphatic carbocycles. The van der Waals surface area contributed by atoms with Crippen LogP contribution >= 0.6 is 11.3 Å². The van der Waals surface area contributed by atoms with Gasteiger partial charge in [0.05, 0.1) is 0 Å². The average molecular weight is 235 g/mol. The Morgan fingerprint density at radius 2 is 2.06 bits per heavy atom. The number of nitrogen functional groups attached to an aromatic ring is 1. The predicted molar refractivity (Wildman–Crippen MR) is 59.6 cm³/mol. The van der Waals surface area contributed by atoms with E-state index >= 15 is 0 Å². The Kier molecular flexibility index (Phi) is 2.14. The lowest BCUT2D eigenvalue weighted by Crippen LogP contribution is -2.21. The highest BCUT2D eigenvalue weighted by molar-refractivity contribution is 7.15. The lowest BCUT2D eigenvalue weighted by molar-refractivity contribution is 0.0906. The Labute approximate surface area is 95.8 Å². The molecule has 1 aromatic carbocycles. The fraction of sp³-hybridized carbons (Fsp3) is 0.200. The van der Waals surface area contributed by atoms with E-state index in [-0.39, 0.29) is 6.10 Å². The molecular weight excluding hydrogens is 226 g/mol. The van der Waals surface area contributed by atoms with Crippen molar-refractivity contribution in [3.05, 3.63) is 29.3 Å². The smallest absolute Gasteiger partial charge is 0.203 e. The van der Waals surface area contributed by atoms with Gasteiger partial charge in [-0.2, -0.15) is 0 Å². The van der Waals surface area contributed by atoms with Crippen molar-refractivity contribution in [2.75, 3.05) is 12.3 Å². The number of hydrogen-bond donors (Lipinski definition) is 1. The fourth-order valence-electron chi connectivity index (χ4n) is 1.52. The Hall–Kier alpha value is -1.82. The minimum Gasteiger partial charge on any atom is -0.485 e. The molecule has 2 aromatic rings. The van der Waals surface area contributed by atoms with E-state index in [0.29, 0.717) is 11.7 Å². The molecule has 3 rings (SSSR count). The van der Waals surface area contributed by atoms with Crippen molar-refractivity contribution >= 4 is 16.5 Å². The van der Waals surface area contributed by atoms with Crippen molar-refractivity contribution in [2.45, 2.75) is 6.10 Å². The number of fused-ring (bicyclic) bond motifs is 1. The highest BCUT2D eigenvalue weighted by Crippen LogP contribution is 2.36. The van der Waals surface area contributed by atoms with Gasteiger partial charge in [0, 0.05) is 0 Å². The van der Waals surface area contributed by atoms with Crippen LogP contribution in [0.1, 0.15) is 11.1 Å². The van der Waals surface area contributed by atoms with Gasteiger partial charge in [-0.25, -0.2) is 0 Å². The molecular formula is C10H9N3O2S. The number of hydrogen-bond acceptors (Lipinski definition) is 6. The van der Waals surface area contributed by atoms with Crippen LogP contribution < -0.4 is 15.2 Å². The van der Waals surface area contributed by atoms with Crippen LogP contribution in [0.5, 0.6) is 11.5 Å². The van der Waals surface area contributed by atoms with E-state index in [1.54, 1.807) is 0 Å². The van der Waals surface area contributed by atoms with Crippen LogP contribution in [0.25, 0.3) is 0 Å². The highest BCUT2D eigenvalue weighted by atomic mass is 32.1. The molecule has 0 saturated carbocycles. The summed E-state index contributed by atoms with van der Waals surface area (Å²) in [7, 11) is 0. The van der Waals surface area contributed by atoms with Crippen LogP contribution in [-0.2, 0) is 0 Å². The average Bonchev–Trinajstić information content (AvgIpc) is 2.75. The Balaban J connectivity index is 1.88. The van der Waals surface area contributed by atoms with Gasteiger partial charge in [-0.05, 0) is 12.1 Å². The number of rotatable bonds is 1. The van der Waals surface area contributed by atoms with Gasteiger partial charge in [-0.1, -0.05) is 23.5 Å². The minimum atomic E-state index is -0.218. The van der Waals surface area contributed by atoms with Gasteiger partial charge in [0.1, 0.15) is 6.61 Å². The summed E-state index contributed by atoms with van der Waals surface area (Å²) in [5.74, 6) is 1.49.